The molecule has 12 heavy (non-hydrogen) atoms. The second-order valence-corrected chi connectivity index (χ2v) is 2.28. The first-order valence-corrected chi connectivity index (χ1v) is 3.60. The molecule has 0 spiro atoms. The molecule has 2 nitrogen and oxygen atoms in total. The van der Waals surface area contributed by atoms with E-state index in [2.05, 4.69) is 22.7 Å². The highest BCUT2D eigenvalue weighted by Crippen LogP contribution is 1.98. The third kappa shape index (κ3) is 2.34. The highest BCUT2D eigenvalue weighted by Gasteiger charge is 1.96. The molecule has 0 radical (unpaired) electrons. The molecule has 0 saturated heterocycles. The lowest BCUT2D eigenvalue weighted by Crippen LogP contribution is -1.99. The van der Waals surface area contributed by atoms with Gasteiger partial charge in [0.15, 0.2) is 0 Å². The molecule has 0 atom stereocenters. The molecule has 0 saturated carbocycles. The summed E-state index contributed by atoms with van der Waals surface area (Å²) in [7, 11) is 0. The van der Waals surface area contributed by atoms with Gasteiger partial charge in [0.05, 0.1) is 0 Å². The van der Waals surface area contributed by atoms with Gasteiger partial charge in [-0.05, 0) is 0 Å². The Bertz CT molecular complexity index is 228. The van der Waals surface area contributed by atoms with Gasteiger partial charge in [0, 0.05) is 25.4 Å². The number of nitrogens with zero attached hydrogens (tertiary/aromatic N) is 2. The third-order valence-electron chi connectivity index (χ3n) is 1.45. The fourth-order valence-corrected chi connectivity index (χ4v) is 0.964. The van der Waals surface area contributed by atoms with Crippen molar-refractivity contribution in [1.29, 1.82) is 0 Å². The molecule has 3 heteroatoms. The van der Waals surface area contributed by atoms with Crippen LogP contribution in [0.2, 0.25) is 0 Å². The zero-order chi connectivity index (χ0) is 8.10. The molecule has 0 amide bonds. The van der Waals surface area contributed by atoms with Crippen LogP contribution in [0.1, 0.15) is 5.82 Å². The maximum absolute atomic E-state index is 4.17. The minimum absolute atomic E-state index is 0. The Hall–Kier alpha value is -1.38. The van der Waals surface area contributed by atoms with Crippen molar-refractivity contribution in [2.75, 3.05) is 0 Å². The summed E-state index contributed by atoms with van der Waals surface area (Å²) in [6.45, 7) is 8.14. The summed E-state index contributed by atoms with van der Waals surface area (Å²) in [4.78, 5) is 4.17. The average Bonchev–Trinajstić information content (AvgIpc) is 2.39. The molecule has 1 aromatic heterocycles. The molecular formula is C9H13FN2. The van der Waals surface area contributed by atoms with Crippen LogP contribution in [0.5, 0.6) is 0 Å². The summed E-state index contributed by atoms with van der Waals surface area (Å²) >= 11 is 0. The Balaban J connectivity index is 0.00000121. The molecule has 1 heterocycles. The smallest absolute Gasteiger partial charge is 0.112 e. The van der Waals surface area contributed by atoms with Gasteiger partial charge in [0.25, 0.3) is 0 Å². The first kappa shape index (κ1) is 10.6. The Kier molecular flexibility index (Phi) is 4.69. The maximum Gasteiger partial charge on any atom is 0.112 e. The van der Waals surface area contributed by atoms with E-state index in [9.17, 15) is 0 Å². The predicted octanol–water partition coefficient (Wildman–Crippen LogP) is 1.95. The lowest BCUT2D eigenvalue weighted by atomic mass is 10.4. The van der Waals surface area contributed by atoms with E-state index in [0.29, 0.717) is 0 Å². The minimum atomic E-state index is 0. The van der Waals surface area contributed by atoms with Crippen molar-refractivity contribution >= 4 is 0 Å². The van der Waals surface area contributed by atoms with Crippen molar-refractivity contribution in [3.63, 3.8) is 0 Å². The SMILES string of the molecule is C=CCc1nccn1CC=C.F. The number of allylic oxidation sites excluding steroid dienone is 2. The molecule has 0 aromatic carbocycles. The van der Waals surface area contributed by atoms with Gasteiger partial charge in [-0.15, -0.1) is 13.2 Å². The standard InChI is InChI=1S/C9H12N2.FH/c1-3-5-9-10-6-8-11(9)7-4-2;/h3-4,6,8H,1-2,5,7H2;1H. The monoisotopic (exact) mass is 168 g/mol. The fraction of sp³-hybridized carbons (Fsp3) is 0.222. The Morgan fingerprint density at radius 2 is 2.17 bits per heavy atom. The second-order valence-electron chi connectivity index (χ2n) is 2.28. The second kappa shape index (κ2) is 5.29. The van der Waals surface area contributed by atoms with Gasteiger partial charge in [-0.25, -0.2) is 4.98 Å². The Labute approximate surface area is 71.6 Å². The van der Waals surface area contributed by atoms with Crippen LogP contribution in [-0.2, 0) is 13.0 Å². The molecule has 0 unspecified atom stereocenters. The average molecular weight is 168 g/mol. The third-order valence-corrected chi connectivity index (χ3v) is 1.45. The van der Waals surface area contributed by atoms with E-state index < -0.39 is 0 Å². The summed E-state index contributed by atoms with van der Waals surface area (Å²) in [5, 5.41) is 0. The maximum atomic E-state index is 4.17. The van der Waals surface area contributed by atoms with Crippen LogP contribution < -0.4 is 0 Å². The molecule has 0 bridgehead atoms. The van der Waals surface area contributed by atoms with E-state index in [-0.39, 0.29) is 4.70 Å². The van der Waals surface area contributed by atoms with Crippen LogP contribution in [0.15, 0.2) is 37.7 Å². The van der Waals surface area contributed by atoms with Gasteiger partial charge >= 0.3 is 0 Å². The topological polar surface area (TPSA) is 17.8 Å². The van der Waals surface area contributed by atoms with Crippen molar-refractivity contribution < 1.29 is 4.70 Å². The summed E-state index contributed by atoms with van der Waals surface area (Å²) in [6, 6.07) is 0. The van der Waals surface area contributed by atoms with Crippen LogP contribution >= 0.6 is 0 Å². The van der Waals surface area contributed by atoms with E-state index >= 15 is 0 Å². The van der Waals surface area contributed by atoms with Gasteiger partial charge in [-0.3, -0.25) is 4.70 Å². The summed E-state index contributed by atoms with van der Waals surface area (Å²) < 4.78 is 2.05. The molecule has 0 aliphatic rings. The number of halogens is 1. The van der Waals surface area contributed by atoms with Crippen LogP contribution in [0.25, 0.3) is 0 Å². The van der Waals surface area contributed by atoms with Gasteiger partial charge in [-0.2, -0.15) is 0 Å². The molecule has 1 rings (SSSR count). The van der Waals surface area contributed by atoms with Crippen molar-refractivity contribution in [2.45, 2.75) is 13.0 Å². The van der Waals surface area contributed by atoms with Gasteiger partial charge in [0.1, 0.15) is 5.82 Å². The minimum Gasteiger partial charge on any atom is -0.331 e. The normalized spacial score (nSPS) is 8.67. The van der Waals surface area contributed by atoms with Crippen molar-refractivity contribution in [2.24, 2.45) is 0 Å². The molecule has 0 N–H and O–H groups in total. The number of imidazole rings is 1. The van der Waals surface area contributed by atoms with Gasteiger partial charge in [-0.1, -0.05) is 12.2 Å². The van der Waals surface area contributed by atoms with Crippen molar-refractivity contribution in [3.8, 4) is 0 Å². The first-order valence-electron chi connectivity index (χ1n) is 3.60. The summed E-state index contributed by atoms with van der Waals surface area (Å²) in [5.41, 5.74) is 0. The summed E-state index contributed by atoms with van der Waals surface area (Å²) in [5.74, 6) is 1.04. The molecule has 1 aromatic rings. The first-order chi connectivity index (χ1) is 5.38. The fourth-order valence-electron chi connectivity index (χ4n) is 0.964. The van der Waals surface area contributed by atoms with E-state index in [1.165, 1.54) is 0 Å². The zero-order valence-corrected chi connectivity index (χ0v) is 6.94. The van der Waals surface area contributed by atoms with E-state index in [4.69, 9.17) is 0 Å². The quantitative estimate of drug-likeness (QED) is 0.628. The predicted molar refractivity (Wildman–Crippen MR) is 48.8 cm³/mol. The molecule has 0 aliphatic carbocycles. The van der Waals surface area contributed by atoms with Gasteiger partial charge in [0.2, 0.25) is 0 Å². The van der Waals surface area contributed by atoms with Crippen LogP contribution in [0.4, 0.5) is 4.70 Å². The largest absolute Gasteiger partial charge is 0.331 e. The highest BCUT2D eigenvalue weighted by molar-refractivity contribution is 4.98. The van der Waals surface area contributed by atoms with Gasteiger partial charge < -0.3 is 4.57 Å². The van der Waals surface area contributed by atoms with Crippen molar-refractivity contribution in [1.82, 2.24) is 9.55 Å². The number of rotatable bonds is 4. The lowest BCUT2D eigenvalue weighted by Gasteiger charge is -2.00. The Morgan fingerprint density at radius 1 is 1.42 bits per heavy atom. The number of hydrogen-bond donors (Lipinski definition) is 0. The Morgan fingerprint density at radius 3 is 2.75 bits per heavy atom. The van der Waals surface area contributed by atoms with E-state index in [0.717, 1.165) is 18.8 Å². The molecule has 0 fully saturated rings. The van der Waals surface area contributed by atoms with Crippen LogP contribution in [0.3, 0.4) is 0 Å². The number of aromatic nitrogens is 2. The van der Waals surface area contributed by atoms with Crippen LogP contribution in [0, 0.1) is 0 Å². The molecule has 66 valence electrons. The molecule has 0 aliphatic heterocycles. The van der Waals surface area contributed by atoms with Crippen LogP contribution in [-0.4, -0.2) is 9.55 Å². The highest BCUT2D eigenvalue weighted by atomic mass is 19.0. The molecular weight excluding hydrogens is 155 g/mol. The van der Waals surface area contributed by atoms with E-state index in [1.807, 2.05) is 18.3 Å². The lowest BCUT2D eigenvalue weighted by molar-refractivity contribution is 0.763. The number of hydrogen-bond acceptors (Lipinski definition) is 1. The van der Waals surface area contributed by atoms with E-state index in [1.54, 1.807) is 6.20 Å². The summed E-state index contributed by atoms with van der Waals surface area (Å²) in [6.07, 6.45) is 8.26. The van der Waals surface area contributed by atoms with Crippen molar-refractivity contribution in [3.05, 3.63) is 43.5 Å². The zero-order valence-electron chi connectivity index (χ0n) is 6.94.